The van der Waals surface area contributed by atoms with Crippen LogP contribution in [0.1, 0.15) is 12.8 Å². The van der Waals surface area contributed by atoms with E-state index < -0.39 is 24.9 Å². The van der Waals surface area contributed by atoms with Gasteiger partial charge in [-0.1, -0.05) is 0 Å². The summed E-state index contributed by atoms with van der Waals surface area (Å²) in [5, 5.41) is 2.33. The molecule has 8 heteroatoms. The molecule has 0 spiro atoms. The van der Waals surface area contributed by atoms with E-state index >= 15 is 0 Å². The monoisotopic (exact) mass is 298 g/mol. The van der Waals surface area contributed by atoms with Crippen molar-refractivity contribution in [3.05, 3.63) is 18.2 Å². The van der Waals surface area contributed by atoms with Crippen LogP contribution in [0.2, 0.25) is 0 Å². The maximum atomic E-state index is 11.9. The van der Waals surface area contributed by atoms with Gasteiger partial charge in [0, 0.05) is 12.1 Å². The first-order valence-electron chi connectivity index (χ1n) is 5.12. The number of amides is 1. The van der Waals surface area contributed by atoms with Crippen molar-refractivity contribution in [3.8, 4) is 5.75 Å². The number of ether oxygens (including phenoxy) is 1. The zero-order valence-electron chi connectivity index (χ0n) is 10.1. The number of carbonyl (C=O) groups is 1. The van der Waals surface area contributed by atoms with Gasteiger partial charge in [-0.25, -0.2) is 0 Å². The average molecular weight is 299 g/mol. The Balaban J connectivity index is 0.00000324. The zero-order chi connectivity index (χ0) is 13.8. The quantitative estimate of drug-likeness (QED) is 0.840. The number of halogens is 4. The van der Waals surface area contributed by atoms with Crippen LogP contribution in [0.3, 0.4) is 0 Å². The van der Waals surface area contributed by atoms with Gasteiger partial charge in [-0.2, -0.15) is 13.2 Å². The molecule has 108 valence electrons. The van der Waals surface area contributed by atoms with Crippen molar-refractivity contribution >= 4 is 29.7 Å². The lowest BCUT2D eigenvalue weighted by Crippen LogP contribution is -2.16. The van der Waals surface area contributed by atoms with E-state index in [-0.39, 0.29) is 12.4 Å². The molecule has 0 heterocycles. The molecule has 0 aliphatic heterocycles. The van der Waals surface area contributed by atoms with Crippen molar-refractivity contribution in [2.75, 3.05) is 18.2 Å². The van der Waals surface area contributed by atoms with Crippen LogP contribution < -0.4 is 15.8 Å². The van der Waals surface area contributed by atoms with Crippen molar-refractivity contribution in [1.82, 2.24) is 0 Å². The lowest BCUT2D eigenvalue weighted by Gasteiger charge is -2.09. The smallest absolute Gasteiger partial charge is 0.389 e. The summed E-state index contributed by atoms with van der Waals surface area (Å²) in [4.78, 5) is 11.2. The molecule has 3 N–H and O–H groups in total. The van der Waals surface area contributed by atoms with Gasteiger partial charge in [0.25, 0.3) is 0 Å². The van der Waals surface area contributed by atoms with E-state index in [9.17, 15) is 18.0 Å². The third kappa shape index (κ3) is 6.19. The Hall–Kier alpha value is -1.63. The highest BCUT2D eigenvalue weighted by atomic mass is 35.5. The Morgan fingerprint density at radius 1 is 1.42 bits per heavy atom. The van der Waals surface area contributed by atoms with Crippen LogP contribution in [0, 0.1) is 0 Å². The average Bonchev–Trinajstić information content (AvgIpc) is 2.26. The summed E-state index contributed by atoms with van der Waals surface area (Å²) < 4.78 is 40.6. The molecule has 0 unspecified atom stereocenters. The highest BCUT2D eigenvalue weighted by Gasteiger charge is 2.27. The molecule has 4 nitrogen and oxygen atoms in total. The lowest BCUT2D eigenvalue weighted by molar-refractivity contribution is -0.142. The second kappa shape index (κ2) is 7.08. The molecule has 0 bridgehead atoms. The van der Waals surface area contributed by atoms with Gasteiger partial charge >= 0.3 is 6.18 Å². The minimum Gasteiger partial charge on any atom is -0.495 e. The third-order valence-corrected chi connectivity index (χ3v) is 2.15. The number of hydrogen-bond acceptors (Lipinski definition) is 3. The number of benzene rings is 1. The molecule has 1 amide bonds. The van der Waals surface area contributed by atoms with Crippen LogP contribution in [-0.2, 0) is 4.79 Å². The number of nitrogen functional groups attached to an aromatic ring is 1. The highest BCUT2D eigenvalue weighted by molar-refractivity contribution is 5.91. The van der Waals surface area contributed by atoms with E-state index in [4.69, 9.17) is 10.5 Å². The molecule has 0 atom stereocenters. The van der Waals surface area contributed by atoms with Crippen LogP contribution in [0.15, 0.2) is 18.2 Å². The van der Waals surface area contributed by atoms with Crippen LogP contribution in [0.5, 0.6) is 5.75 Å². The van der Waals surface area contributed by atoms with Crippen LogP contribution in [0.25, 0.3) is 0 Å². The van der Waals surface area contributed by atoms with E-state index in [1.54, 1.807) is 0 Å². The van der Waals surface area contributed by atoms with Gasteiger partial charge < -0.3 is 15.8 Å². The predicted molar refractivity (Wildman–Crippen MR) is 68.6 cm³/mol. The molecular weight excluding hydrogens is 285 g/mol. The topological polar surface area (TPSA) is 64.3 Å². The number of alkyl halides is 3. The summed E-state index contributed by atoms with van der Waals surface area (Å²) in [6.45, 7) is 0. The minimum absolute atomic E-state index is 0. The number of hydrogen-bond donors (Lipinski definition) is 2. The second-order valence-electron chi connectivity index (χ2n) is 3.62. The van der Waals surface area contributed by atoms with E-state index in [1.807, 2.05) is 0 Å². The van der Waals surface area contributed by atoms with Gasteiger partial charge in [-0.15, -0.1) is 12.4 Å². The van der Waals surface area contributed by atoms with Gasteiger partial charge in [-0.05, 0) is 18.2 Å². The normalized spacial score (nSPS) is 10.5. The Morgan fingerprint density at radius 2 is 2.05 bits per heavy atom. The molecule has 0 saturated heterocycles. The fourth-order valence-electron chi connectivity index (χ4n) is 1.29. The van der Waals surface area contributed by atoms with Crippen molar-refractivity contribution in [2.24, 2.45) is 0 Å². The summed E-state index contributed by atoms with van der Waals surface area (Å²) >= 11 is 0. The fourth-order valence-corrected chi connectivity index (χ4v) is 1.29. The van der Waals surface area contributed by atoms with E-state index in [1.165, 1.54) is 25.3 Å². The molecule has 1 rings (SSSR count). The third-order valence-electron chi connectivity index (χ3n) is 2.15. The molecule has 0 aromatic heterocycles. The molecule has 19 heavy (non-hydrogen) atoms. The molecule has 0 aliphatic carbocycles. The first kappa shape index (κ1) is 17.4. The molecule has 0 aliphatic rings. The summed E-state index contributed by atoms with van der Waals surface area (Å²) in [6, 6.07) is 4.44. The van der Waals surface area contributed by atoms with Gasteiger partial charge in [0.15, 0.2) is 0 Å². The van der Waals surface area contributed by atoms with Crippen molar-refractivity contribution in [1.29, 1.82) is 0 Å². The van der Waals surface area contributed by atoms with E-state index in [0.717, 1.165) is 0 Å². The number of carbonyl (C=O) groups excluding carboxylic acids is 1. The number of rotatable bonds is 4. The number of nitrogens with two attached hydrogens (primary N) is 1. The fraction of sp³-hybridized carbons (Fsp3) is 0.364. The largest absolute Gasteiger partial charge is 0.495 e. The molecule has 0 radical (unpaired) electrons. The van der Waals surface area contributed by atoms with Gasteiger partial charge in [0.05, 0.1) is 19.2 Å². The maximum absolute atomic E-state index is 11.9. The first-order valence-corrected chi connectivity index (χ1v) is 5.12. The summed E-state index contributed by atoms with van der Waals surface area (Å²) in [5.74, 6) is -0.278. The maximum Gasteiger partial charge on any atom is 0.389 e. The predicted octanol–water partition coefficient (Wildman–Crippen LogP) is 2.98. The first-order chi connectivity index (χ1) is 8.31. The standard InChI is InChI=1S/C11H13F3N2O2.ClH/c1-18-9-3-2-7(6-8(9)15)16-10(17)4-5-11(12,13)14;/h2-3,6H,4-5,15H2,1H3,(H,16,17);1H. The summed E-state index contributed by atoms with van der Waals surface area (Å²) in [5.41, 5.74) is 6.23. The summed E-state index contributed by atoms with van der Waals surface area (Å²) in [7, 11) is 1.44. The number of nitrogens with one attached hydrogen (secondary N) is 1. The second-order valence-corrected chi connectivity index (χ2v) is 3.62. The number of methoxy groups -OCH3 is 1. The van der Waals surface area contributed by atoms with Gasteiger partial charge in [-0.3, -0.25) is 4.79 Å². The van der Waals surface area contributed by atoms with E-state index in [2.05, 4.69) is 5.32 Å². The SMILES string of the molecule is COc1ccc(NC(=O)CCC(F)(F)F)cc1N.Cl. The Bertz CT molecular complexity index is 438. The molecular formula is C11H14ClF3N2O2. The van der Waals surface area contributed by atoms with Crippen LogP contribution >= 0.6 is 12.4 Å². The Labute approximate surface area is 114 Å². The van der Waals surface area contributed by atoms with Crippen molar-refractivity contribution in [2.45, 2.75) is 19.0 Å². The Morgan fingerprint density at radius 3 is 2.53 bits per heavy atom. The van der Waals surface area contributed by atoms with Gasteiger partial charge in [0.2, 0.25) is 5.91 Å². The van der Waals surface area contributed by atoms with Gasteiger partial charge in [0.1, 0.15) is 5.75 Å². The number of anilines is 2. The molecule has 1 aromatic rings. The lowest BCUT2D eigenvalue weighted by atomic mass is 10.2. The highest BCUT2D eigenvalue weighted by Crippen LogP contribution is 2.25. The minimum atomic E-state index is -4.34. The van der Waals surface area contributed by atoms with Crippen LogP contribution in [0.4, 0.5) is 24.5 Å². The van der Waals surface area contributed by atoms with Crippen molar-refractivity contribution < 1.29 is 22.7 Å². The molecule has 1 aromatic carbocycles. The van der Waals surface area contributed by atoms with Crippen molar-refractivity contribution in [3.63, 3.8) is 0 Å². The Kier molecular flexibility index (Phi) is 6.47. The summed E-state index contributed by atoms with van der Waals surface area (Å²) in [6.07, 6.45) is -6.10. The molecule has 0 fully saturated rings. The zero-order valence-corrected chi connectivity index (χ0v) is 10.9. The molecule has 0 saturated carbocycles. The van der Waals surface area contributed by atoms with Crippen LogP contribution in [-0.4, -0.2) is 19.2 Å². The van der Waals surface area contributed by atoms with E-state index in [0.29, 0.717) is 17.1 Å².